The third kappa shape index (κ3) is 5.21. The van der Waals surface area contributed by atoms with E-state index in [0.717, 1.165) is 14.5 Å². The Morgan fingerprint density at radius 1 is 0.875 bits per heavy atom. The lowest BCUT2D eigenvalue weighted by Gasteiger charge is -2.07. The van der Waals surface area contributed by atoms with Crippen LogP contribution in [0.3, 0.4) is 0 Å². The number of benzene rings is 2. The maximum atomic E-state index is 11.8. The highest BCUT2D eigenvalue weighted by Gasteiger charge is 2.29. The molecule has 0 aromatic heterocycles. The second-order valence-electron chi connectivity index (χ2n) is 5.46. The second-order valence-corrected chi connectivity index (χ2v) is 7.30. The summed E-state index contributed by atoms with van der Waals surface area (Å²) in [6.45, 7) is 2.87. The highest BCUT2D eigenvalue weighted by Crippen LogP contribution is 2.23. The normalized spacial score (nSPS) is 11.6. The van der Waals surface area contributed by atoms with Crippen molar-refractivity contribution in [2.45, 2.75) is 20.3 Å². The first-order valence-corrected chi connectivity index (χ1v) is 9.01. The van der Waals surface area contributed by atoms with Crippen LogP contribution < -0.4 is 0 Å². The van der Waals surface area contributed by atoms with Crippen LogP contribution in [0, 0.1) is 5.92 Å². The van der Waals surface area contributed by atoms with Crippen LogP contribution in [0.4, 0.5) is 0 Å². The number of hydrogen-bond donors (Lipinski definition) is 0. The molecule has 0 fully saturated rings. The Kier molecular flexibility index (Phi) is 6.63. The number of carbonyl (C=O) groups is 2. The van der Waals surface area contributed by atoms with Crippen LogP contribution in [-0.2, 0) is 9.59 Å². The predicted octanol–water partition coefficient (Wildman–Crippen LogP) is 5.53. The van der Waals surface area contributed by atoms with Gasteiger partial charge in [0.1, 0.15) is 11.6 Å². The van der Waals surface area contributed by atoms with Crippen LogP contribution >= 0.6 is 31.9 Å². The van der Waals surface area contributed by atoms with E-state index in [0.29, 0.717) is 11.5 Å². The summed E-state index contributed by atoms with van der Waals surface area (Å²) in [5, 5.41) is 0. The van der Waals surface area contributed by atoms with Gasteiger partial charge in [-0.1, -0.05) is 31.9 Å². The summed E-state index contributed by atoms with van der Waals surface area (Å²) >= 11 is 6.79. The Morgan fingerprint density at radius 3 is 1.79 bits per heavy atom. The molecule has 0 N–H and O–H groups in total. The van der Waals surface area contributed by atoms with Crippen LogP contribution in [-0.4, -0.2) is 17.3 Å². The average Bonchev–Trinajstić information content (AvgIpc) is 2.53. The molecule has 2 aromatic rings. The van der Waals surface area contributed by atoms with Crippen molar-refractivity contribution in [1.29, 1.82) is 0 Å². The SMILES string of the molecule is CC(=O)C(CC(=[O+]c1ccc(Br)cc1)c1ccc(Br)cc1)C(C)=O. The topological polar surface area (TPSA) is 45.4 Å². The van der Waals surface area contributed by atoms with Gasteiger partial charge in [0.25, 0.3) is 0 Å². The molecule has 0 aliphatic heterocycles. The van der Waals surface area contributed by atoms with E-state index in [4.69, 9.17) is 4.42 Å². The van der Waals surface area contributed by atoms with Crippen molar-refractivity contribution in [2.24, 2.45) is 5.92 Å². The Bertz CT molecular complexity index is 748. The number of ketones is 3. The van der Waals surface area contributed by atoms with Gasteiger partial charge in [0.05, 0.1) is 17.9 Å². The highest BCUT2D eigenvalue weighted by molar-refractivity contribution is 9.10. The molecule has 0 amide bonds. The molecule has 3 nitrogen and oxygen atoms in total. The number of Topliss-reactive ketones (excluding diaryl/α,β-unsaturated/α-hetero) is 2. The highest BCUT2D eigenvalue weighted by atomic mass is 79.9. The summed E-state index contributed by atoms with van der Waals surface area (Å²) in [5.41, 5.74) is 0.841. The number of carbonyl (C=O) groups excluding carboxylic acids is 3. The molecular weight excluding hydrogens is 436 g/mol. The fourth-order valence-corrected chi connectivity index (χ4v) is 2.79. The molecule has 0 spiro atoms. The van der Waals surface area contributed by atoms with Crippen molar-refractivity contribution in [3.05, 3.63) is 63.0 Å². The van der Waals surface area contributed by atoms with Crippen LogP contribution in [0.25, 0.3) is 0 Å². The summed E-state index contributed by atoms with van der Waals surface area (Å²) in [5.74, 6) is 0.245. The van der Waals surface area contributed by atoms with E-state index in [9.17, 15) is 9.59 Å². The molecular formula is C19H17Br2O3+. The molecule has 0 bridgehead atoms. The van der Waals surface area contributed by atoms with Crippen LogP contribution in [0.5, 0.6) is 5.75 Å². The second kappa shape index (κ2) is 8.49. The third-order valence-corrected chi connectivity index (χ3v) is 4.65. The molecule has 0 heterocycles. The Labute approximate surface area is 158 Å². The lowest BCUT2D eigenvalue weighted by atomic mass is 9.92. The molecule has 24 heavy (non-hydrogen) atoms. The van der Waals surface area contributed by atoms with E-state index in [1.54, 1.807) is 0 Å². The number of hydrogen-bond acceptors (Lipinski definition) is 2. The lowest BCUT2D eigenvalue weighted by Crippen LogP contribution is -2.23. The summed E-state index contributed by atoms with van der Waals surface area (Å²) in [6, 6.07) is 15.0. The summed E-state index contributed by atoms with van der Waals surface area (Å²) < 4.78 is 7.90. The van der Waals surface area contributed by atoms with Gasteiger partial charge in [-0.15, -0.1) is 0 Å². The zero-order valence-corrected chi connectivity index (χ0v) is 16.6. The fourth-order valence-electron chi connectivity index (χ4n) is 2.26. The monoisotopic (exact) mass is 451 g/mol. The van der Waals surface area contributed by atoms with E-state index in [1.165, 1.54) is 13.8 Å². The quantitative estimate of drug-likeness (QED) is 0.328. The molecule has 0 aliphatic rings. The molecule has 0 saturated carbocycles. The molecule has 0 aliphatic carbocycles. The predicted molar refractivity (Wildman–Crippen MR) is 102 cm³/mol. The minimum Gasteiger partial charge on any atom is -0.299 e. The first-order chi connectivity index (χ1) is 11.4. The van der Waals surface area contributed by atoms with Gasteiger partial charge in [0.15, 0.2) is 0 Å². The van der Waals surface area contributed by atoms with Crippen molar-refractivity contribution < 1.29 is 14.0 Å². The molecule has 0 atom stereocenters. The van der Waals surface area contributed by atoms with Crippen molar-refractivity contribution in [3.8, 4) is 5.75 Å². The number of halogens is 2. The summed E-state index contributed by atoms with van der Waals surface area (Å²) in [7, 11) is 0. The first-order valence-electron chi connectivity index (χ1n) is 7.43. The van der Waals surface area contributed by atoms with Gasteiger partial charge < -0.3 is 0 Å². The van der Waals surface area contributed by atoms with Gasteiger partial charge in [-0.2, -0.15) is 0 Å². The van der Waals surface area contributed by atoms with Crippen molar-refractivity contribution in [1.82, 2.24) is 0 Å². The zero-order valence-electron chi connectivity index (χ0n) is 13.4. The van der Waals surface area contributed by atoms with Gasteiger partial charge in [-0.3, -0.25) is 9.59 Å². The zero-order chi connectivity index (χ0) is 17.7. The van der Waals surface area contributed by atoms with E-state index in [-0.39, 0.29) is 18.0 Å². The van der Waals surface area contributed by atoms with Gasteiger partial charge in [-0.05, 0) is 50.2 Å². The lowest BCUT2D eigenvalue weighted by molar-refractivity contribution is -0.169. The van der Waals surface area contributed by atoms with Crippen molar-refractivity contribution >= 4 is 49.2 Å². The minimum atomic E-state index is -0.695. The van der Waals surface area contributed by atoms with E-state index < -0.39 is 5.92 Å². The van der Waals surface area contributed by atoms with Crippen LogP contribution in [0.1, 0.15) is 30.3 Å². The van der Waals surface area contributed by atoms with Gasteiger partial charge in [0, 0.05) is 21.1 Å². The van der Waals surface area contributed by atoms with Gasteiger partial charge in [-0.25, -0.2) is 4.42 Å². The standard InChI is InChI=1S/C19H17Br2O3/c1-12(22)18(13(2)23)11-19(14-3-5-15(20)6-4-14)24-17-9-7-16(21)8-10-17/h3-10,18H,11H2,1-2H3/q+1. The minimum absolute atomic E-state index is 0.156. The fraction of sp³-hybridized carbons (Fsp3) is 0.211. The largest absolute Gasteiger partial charge is 0.353 e. The summed E-state index contributed by atoms with van der Waals surface area (Å²) in [4.78, 5) is 23.6. The molecule has 124 valence electrons. The third-order valence-electron chi connectivity index (χ3n) is 3.59. The van der Waals surface area contributed by atoms with Gasteiger partial charge in [0.2, 0.25) is 0 Å². The van der Waals surface area contributed by atoms with Crippen LogP contribution in [0.15, 0.2) is 57.5 Å². The maximum Gasteiger partial charge on any atom is 0.353 e. The smallest absolute Gasteiger partial charge is 0.299 e. The molecule has 0 unspecified atom stereocenters. The maximum absolute atomic E-state index is 11.8. The van der Waals surface area contributed by atoms with Crippen molar-refractivity contribution in [2.75, 3.05) is 0 Å². The van der Waals surface area contributed by atoms with E-state index in [2.05, 4.69) is 31.9 Å². The molecule has 5 heteroatoms. The van der Waals surface area contributed by atoms with E-state index >= 15 is 0 Å². The Hall–Kier alpha value is -1.59. The Morgan fingerprint density at radius 2 is 1.33 bits per heavy atom. The number of rotatable bonds is 6. The average molecular weight is 453 g/mol. The molecule has 0 radical (unpaired) electrons. The van der Waals surface area contributed by atoms with Gasteiger partial charge >= 0.3 is 11.5 Å². The molecule has 2 rings (SSSR count). The van der Waals surface area contributed by atoms with Crippen LogP contribution in [0.2, 0.25) is 0 Å². The molecule has 2 aromatic carbocycles. The Balaban J connectivity index is 2.44. The first kappa shape index (κ1) is 18.7. The molecule has 0 saturated heterocycles. The summed E-state index contributed by atoms with van der Waals surface area (Å²) in [6.07, 6.45) is 0.238. The van der Waals surface area contributed by atoms with Crippen molar-refractivity contribution in [3.63, 3.8) is 0 Å². The van der Waals surface area contributed by atoms with E-state index in [1.807, 2.05) is 48.5 Å².